The van der Waals surface area contributed by atoms with Crippen molar-refractivity contribution >= 4 is 23.2 Å². The van der Waals surface area contributed by atoms with E-state index in [1.807, 2.05) is 0 Å². The van der Waals surface area contributed by atoms with Crippen LogP contribution in [0.5, 0.6) is 5.88 Å². The van der Waals surface area contributed by atoms with Gasteiger partial charge in [-0.05, 0) is 5.16 Å². The molecule has 0 bridgehead atoms. The van der Waals surface area contributed by atoms with Crippen LogP contribution in [-0.2, 0) is 12.8 Å². The van der Waals surface area contributed by atoms with Gasteiger partial charge in [-0.2, -0.15) is 0 Å². The SMILES string of the molecule is COc1cc(C(=O)N2CCc3nc(C(=O)N(C)C)sc3CC2)on1. The monoisotopic (exact) mass is 350 g/mol. The van der Waals surface area contributed by atoms with E-state index >= 15 is 0 Å². The van der Waals surface area contributed by atoms with Crippen molar-refractivity contribution in [3.05, 3.63) is 27.4 Å². The first-order valence-electron chi connectivity index (χ1n) is 7.49. The van der Waals surface area contributed by atoms with Crippen molar-refractivity contribution in [1.82, 2.24) is 19.9 Å². The van der Waals surface area contributed by atoms with E-state index in [-0.39, 0.29) is 23.5 Å². The van der Waals surface area contributed by atoms with Gasteiger partial charge < -0.3 is 19.1 Å². The van der Waals surface area contributed by atoms with E-state index in [0.717, 1.165) is 10.6 Å². The number of thiazole rings is 1. The third kappa shape index (κ3) is 3.12. The van der Waals surface area contributed by atoms with Gasteiger partial charge in [0, 0.05) is 44.9 Å². The zero-order valence-corrected chi connectivity index (χ0v) is 14.6. The summed E-state index contributed by atoms with van der Waals surface area (Å²) < 4.78 is 9.95. The number of rotatable bonds is 3. The van der Waals surface area contributed by atoms with Crippen LogP contribution in [0.15, 0.2) is 10.6 Å². The summed E-state index contributed by atoms with van der Waals surface area (Å²) >= 11 is 1.41. The molecule has 9 heteroatoms. The molecule has 1 aliphatic heterocycles. The number of carbonyl (C=O) groups excluding carboxylic acids is 2. The molecule has 0 N–H and O–H groups in total. The maximum Gasteiger partial charge on any atom is 0.292 e. The molecule has 0 aromatic carbocycles. The van der Waals surface area contributed by atoms with E-state index in [2.05, 4.69) is 10.1 Å². The highest BCUT2D eigenvalue weighted by molar-refractivity contribution is 7.13. The molecule has 2 aromatic rings. The summed E-state index contributed by atoms with van der Waals surface area (Å²) in [6.07, 6.45) is 1.29. The number of ether oxygens (including phenoxy) is 1. The molecule has 0 fully saturated rings. The zero-order valence-electron chi connectivity index (χ0n) is 13.7. The smallest absolute Gasteiger partial charge is 0.292 e. The van der Waals surface area contributed by atoms with Crippen molar-refractivity contribution in [2.75, 3.05) is 34.3 Å². The topological polar surface area (TPSA) is 88.8 Å². The molecule has 8 nitrogen and oxygen atoms in total. The molecule has 0 radical (unpaired) electrons. The Hall–Kier alpha value is -2.42. The predicted octanol–water partition coefficient (Wildman–Crippen LogP) is 1.08. The first-order valence-corrected chi connectivity index (χ1v) is 8.31. The van der Waals surface area contributed by atoms with E-state index in [0.29, 0.717) is 30.9 Å². The van der Waals surface area contributed by atoms with Crippen LogP contribution in [0.3, 0.4) is 0 Å². The van der Waals surface area contributed by atoms with Gasteiger partial charge in [-0.25, -0.2) is 4.98 Å². The molecule has 0 aliphatic carbocycles. The molecule has 0 unspecified atom stereocenters. The molecule has 0 atom stereocenters. The molecular formula is C15H18N4O4S. The number of methoxy groups -OCH3 is 1. The lowest BCUT2D eigenvalue weighted by molar-refractivity contribution is 0.0720. The molecule has 24 heavy (non-hydrogen) atoms. The number of amides is 2. The van der Waals surface area contributed by atoms with Crippen LogP contribution in [0.4, 0.5) is 0 Å². The number of carbonyl (C=O) groups is 2. The maximum absolute atomic E-state index is 12.5. The molecule has 0 saturated carbocycles. The van der Waals surface area contributed by atoms with Gasteiger partial charge in [0.25, 0.3) is 17.7 Å². The van der Waals surface area contributed by atoms with Crippen LogP contribution in [0.2, 0.25) is 0 Å². The molecule has 2 amide bonds. The van der Waals surface area contributed by atoms with Gasteiger partial charge >= 0.3 is 0 Å². The minimum absolute atomic E-state index is 0.0882. The summed E-state index contributed by atoms with van der Waals surface area (Å²) in [5.74, 6) is 0.134. The minimum Gasteiger partial charge on any atom is -0.479 e. The van der Waals surface area contributed by atoms with Crippen molar-refractivity contribution < 1.29 is 18.8 Å². The summed E-state index contributed by atoms with van der Waals surface area (Å²) in [5, 5.41) is 4.16. The molecule has 3 heterocycles. The first-order chi connectivity index (χ1) is 11.5. The second-order valence-corrected chi connectivity index (χ2v) is 6.70. The highest BCUT2D eigenvalue weighted by Crippen LogP contribution is 2.24. The Morgan fingerprint density at radius 3 is 2.75 bits per heavy atom. The Balaban J connectivity index is 1.71. The number of hydrogen-bond acceptors (Lipinski definition) is 7. The predicted molar refractivity (Wildman–Crippen MR) is 86.5 cm³/mol. The minimum atomic E-state index is -0.217. The third-order valence-corrected chi connectivity index (χ3v) is 4.94. The molecule has 2 aromatic heterocycles. The summed E-state index contributed by atoms with van der Waals surface area (Å²) in [6.45, 7) is 1.07. The Morgan fingerprint density at radius 2 is 2.08 bits per heavy atom. The summed E-state index contributed by atoms with van der Waals surface area (Å²) in [4.78, 5) is 33.2. The molecule has 0 saturated heterocycles. The number of fused-ring (bicyclic) bond motifs is 1. The van der Waals surface area contributed by atoms with Crippen LogP contribution in [0.25, 0.3) is 0 Å². The fraction of sp³-hybridized carbons (Fsp3) is 0.467. The van der Waals surface area contributed by atoms with Gasteiger partial charge in [0.2, 0.25) is 5.76 Å². The van der Waals surface area contributed by atoms with Crippen molar-refractivity contribution in [2.45, 2.75) is 12.8 Å². The lowest BCUT2D eigenvalue weighted by Crippen LogP contribution is -2.33. The quantitative estimate of drug-likeness (QED) is 0.823. The maximum atomic E-state index is 12.5. The Kier molecular flexibility index (Phi) is 4.52. The van der Waals surface area contributed by atoms with Crippen molar-refractivity contribution in [2.24, 2.45) is 0 Å². The molecule has 3 rings (SSSR count). The van der Waals surface area contributed by atoms with Gasteiger partial charge in [-0.3, -0.25) is 9.59 Å². The van der Waals surface area contributed by atoms with Gasteiger partial charge in [0.05, 0.1) is 18.9 Å². The van der Waals surface area contributed by atoms with Crippen molar-refractivity contribution in [1.29, 1.82) is 0 Å². The number of hydrogen-bond donors (Lipinski definition) is 0. The average Bonchev–Trinajstić information content (AvgIpc) is 3.16. The number of nitrogens with zero attached hydrogens (tertiary/aromatic N) is 4. The van der Waals surface area contributed by atoms with Crippen LogP contribution in [-0.4, -0.2) is 66.0 Å². The van der Waals surface area contributed by atoms with E-state index in [4.69, 9.17) is 9.26 Å². The normalized spacial score (nSPS) is 14.0. The first kappa shape index (κ1) is 16.4. The Morgan fingerprint density at radius 1 is 1.33 bits per heavy atom. The van der Waals surface area contributed by atoms with E-state index < -0.39 is 0 Å². The highest BCUT2D eigenvalue weighted by atomic mass is 32.1. The van der Waals surface area contributed by atoms with Gasteiger partial charge in [-0.1, -0.05) is 0 Å². The molecule has 128 valence electrons. The second kappa shape index (κ2) is 6.60. The molecule has 0 spiro atoms. The average molecular weight is 350 g/mol. The van der Waals surface area contributed by atoms with Crippen molar-refractivity contribution in [3.63, 3.8) is 0 Å². The summed E-state index contributed by atoms with van der Waals surface area (Å²) in [7, 11) is 4.89. The largest absolute Gasteiger partial charge is 0.479 e. The van der Waals surface area contributed by atoms with E-state index in [1.54, 1.807) is 19.0 Å². The Bertz CT molecular complexity index is 742. The fourth-order valence-electron chi connectivity index (χ4n) is 2.46. The summed E-state index contributed by atoms with van der Waals surface area (Å²) in [5.41, 5.74) is 0.899. The highest BCUT2D eigenvalue weighted by Gasteiger charge is 2.26. The molecular weight excluding hydrogens is 332 g/mol. The third-order valence-electron chi connectivity index (χ3n) is 3.79. The van der Waals surface area contributed by atoms with Crippen LogP contribution in [0.1, 0.15) is 30.9 Å². The zero-order chi connectivity index (χ0) is 17.3. The van der Waals surface area contributed by atoms with Crippen LogP contribution in [0, 0.1) is 0 Å². The van der Waals surface area contributed by atoms with Gasteiger partial charge in [-0.15, -0.1) is 11.3 Å². The second-order valence-electron chi connectivity index (χ2n) is 5.61. The van der Waals surface area contributed by atoms with E-state index in [9.17, 15) is 9.59 Å². The standard InChI is InChI=1S/C15H18N4O4S/c1-18(2)15(21)13-16-9-4-6-19(7-5-11(9)24-13)14(20)10-8-12(22-3)17-23-10/h8H,4-7H2,1-3H3. The van der Waals surface area contributed by atoms with Crippen LogP contribution < -0.4 is 4.74 Å². The van der Waals surface area contributed by atoms with E-state index in [1.165, 1.54) is 29.4 Å². The number of aromatic nitrogens is 2. The molecule has 1 aliphatic rings. The van der Waals surface area contributed by atoms with Gasteiger partial charge in [0.15, 0.2) is 5.01 Å². The fourth-order valence-corrected chi connectivity index (χ4v) is 3.58. The Labute approximate surface area is 143 Å². The van der Waals surface area contributed by atoms with Crippen LogP contribution >= 0.6 is 11.3 Å². The van der Waals surface area contributed by atoms with Crippen molar-refractivity contribution in [3.8, 4) is 5.88 Å². The van der Waals surface area contributed by atoms with Gasteiger partial charge in [0.1, 0.15) is 0 Å². The lowest BCUT2D eigenvalue weighted by atomic mass is 10.2. The lowest BCUT2D eigenvalue weighted by Gasteiger charge is -2.18. The summed E-state index contributed by atoms with van der Waals surface area (Å²) in [6, 6.07) is 1.48.